The molecule has 0 aromatic carbocycles. The highest BCUT2D eigenvalue weighted by Crippen LogP contribution is 2.35. The second kappa shape index (κ2) is 4.18. The molecule has 0 fully saturated rings. The maximum absolute atomic E-state index is 5.68. The van der Waals surface area contributed by atoms with E-state index in [0.29, 0.717) is 5.13 Å². The Morgan fingerprint density at radius 2 is 2.06 bits per heavy atom. The number of anilines is 1. The molecule has 0 aliphatic heterocycles. The average molecular weight is 250 g/mol. The van der Waals surface area contributed by atoms with Gasteiger partial charge in [-0.3, -0.25) is 0 Å². The number of nitrogens with zero attached hydrogens (tertiary/aromatic N) is 1. The zero-order valence-corrected chi connectivity index (χ0v) is 10.7. The number of aryl methyl sites for hydroxylation is 2. The summed E-state index contributed by atoms with van der Waals surface area (Å²) in [7, 11) is 0. The summed E-state index contributed by atoms with van der Waals surface area (Å²) in [4.78, 5) is 7.21. The van der Waals surface area contributed by atoms with Gasteiger partial charge in [-0.15, -0.1) is 22.7 Å². The lowest BCUT2D eigenvalue weighted by Crippen LogP contribution is -1.81. The molecule has 0 atom stereocenters. The monoisotopic (exact) mass is 250 g/mol. The van der Waals surface area contributed by atoms with Gasteiger partial charge in [0.2, 0.25) is 0 Å². The van der Waals surface area contributed by atoms with Crippen LogP contribution in [0.25, 0.3) is 10.6 Å². The van der Waals surface area contributed by atoms with Crippen molar-refractivity contribution in [1.82, 2.24) is 4.98 Å². The third-order valence-electron chi connectivity index (χ3n) is 3.02. The van der Waals surface area contributed by atoms with Gasteiger partial charge >= 0.3 is 0 Å². The molecule has 2 nitrogen and oxygen atoms in total. The third kappa shape index (κ3) is 1.87. The van der Waals surface area contributed by atoms with Gasteiger partial charge in [0.25, 0.3) is 0 Å². The second-order valence-electron chi connectivity index (χ2n) is 4.19. The molecule has 16 heavy (non-hydrogen) atoms. The van der Waals surface area contributed by atoms with Crippen molar-refractivity contribution in [3.05, 3.63) is 21.9 Å². The minimum Gasteiger partial charge on any atom is -0.375 e. The van der Waals surface area contributed by atoms with Gasteiger partial charge in [0, 0.05) is 10.3 Å². The molecule has 0 spiro atoms. The summed E-state index contributed by atoms with van der Waals surface area (Å²) in [5.41, 5.74) is 8.28. The fourth-order valence-corrected chi connectivity index (χ4v) is 4.05. The predicted molar refractivity (Wildman–Crippen MR) is 71.1 cm³/mol. The second-order valence-corrected chi connectivity index (χ2v) is 6.22. The maximum Gasteiger partial charge on any atom is 0.180 e. The Hall–Kier alpha value is -0.870. The largest absolute Gasteiger partial charge is 0.375 e. The number of thiophene rings is 1. The van der Waals surface area contributed by atoms with Crippen molar-refractivity contribution < 1.29 is 0 Å². The summed E-state index contributed by atoms with van der Waals surface area (Å²) in [6, 6.07) is 2.32. The third-order valence-corrected chi connectivity index (χ3v) is 4.95. The van der Waals surface area contributed by atoms with Crippen molar-refractivity contribution in [2.45, 2.75) is 32.1 Å². The number of thiazole rings is 1. The Bertz CT molecular complexity index is 475. The lowest BCUT2D eigenvalue weighted by molar-refractivity contribution is 0.713. The average Bonchev–Trinajstić information content (AvgIpc) is 2.81. The number of nitrogen functional groups attached to an aromatic ring is 1. The van der Waals surface area contributed by atoms with Crippen molar-refractivity contribution in [2.24, 2.45) is 0 Å². The molecule has 1 aliphatic rings. The van der Waals surface area contributed by atoms with E-state index in [2.05, 4.69) is 16.4 Å². The van der Waals surface area contributed by atoms with E-state index in [9.17, 15) is 0 Å². The summed E-state index contributed by atoms with van der Waals surface area (Å²) in [5, 5.41) is 2.72. The summed E-state index contributed by atoms with van der Waals surface area (Å²) < 4.78 is 0. The van der Waals surface area contributed by atoms with E-state index in [0.717, 1.165) is 5.69 Å². The molecule has 1 aliphatic carbocycles. The first kappa shape index (κ1) is 10.3. The zero-order chi connectivity index (χ0) is 11.0. The van der Waals surface area contributed by atoms with E-state index in [-0.39, 0.29) is 0 Å². The summed E-state index contributed by atoms with van der Waals surface area (Å²) >= 11 is 3.43. The van der Waals surface area contributed by atoms with E-state index in [1.807, 2.05) is 11.3 Å². The molecule has 2 aromatic heterocycles. The van der Waals surface area contributed by atoms with Crippen LogP contribution in [0.4, 0.5) is 5.13 Å². The molecular weight excluding hydrogens is 236 g/mol. The van der Waals surface area contributed by atoms with Gasteiger partial charge < -0.3 is 5.73 Å². The standard InChI is InChI=1S/C12H14N2S2/c13-12-14-9(7-15-12)11-6-8-4-2-1-3-5-10(8)16-11/h6-7H,1-5H2,(H2,13,14). The first-order valence-corrected chi connectivity index (χ1v) is 7.35. The van der Waals surface area contributed by atoms with E-state index in [1.165, 1.54) is 48.3 Å². The number of rotatable bonds is 1. The number of aromatic nitrogens is 1. The lowest BCUT2D eigenvalue weighted by atomic mass is 10.1. The topological polar surface area (TPSA) is 38.9 Å². The smallest absolute Gasteiger partial charge is 0.180 e. The number of hydrogen-bond donors (Lipinski definition) is 1. The van der Waals surface area contributed by atoms with Gasteiger partial charge in [0.05, 0.1) is 10.6 Å². The van der Waals surface area contributed by atoms with Crippen molar-refractivity contribution >= 4 is 27.8 Å². The van der Waals surface area contributed by atoms with Crippen LogP contribution in [0.3, 0.4) is 0 Å². The highest BCUT2D eigenvalue weighted by Gasteiger charge is 2.14. The molecule has 0 saturated heterocycles. The summed E-state index contributed by atoms with van der Waals surface area (Å²) in [5.74, 6) is 0. The number of fused-ring (bicyclic) bond motifs is 1. The Kier molecular flexibility index (Phi) is 2.69. The molecule has 0 unspecified atom stereocenters. The minimum atomic E-state index is 0.665. The fourth-order valence-electron chi connectivity index (χ4n) is 2.19. The predicted octanol–water partition coefficient (Wildman–Crippen LogP) is 3.72. The summed E-state index contributed by atoms with van der Waals surface area (Å²) in [6.07, 6.45) is 6.54. The van der Waals surface area contributed by atoms with Gasteiger partial charge in [0.1, 0.15) is 0 Å². The highest BCUT2D eigenvalue weighted by molar-refractivity contribution is 7.17. The van der Waals surface area contributed by atoms with Gasteiger partial charge in [-0.1, -0.05) is 6.42 Å². The number of nitrogens with two attached hydrogens (primary N) is 1. The lowest BCUT2D eigenvalue weighted by Gasteiger charge is -1.92. The van der Waals surface area contributed by atoms with Crippen molar-refractivity contribution in [2.75, 3.05) is 5.73 Å². The maximum atomic E-state index is 5.68. The Labute approximate surface area is 103 Å². The molecule has 2 aromatic rings. The molecule has 2 N–H and O–H groups in total. The molecule has 0 radical (unpaired) electrons. The highest BCUT2D eigenvalue weighted by atomic mass is 32.1. The van der Waals surface area contributed by atoms with Crippen molar-refractivity contribution in [3.63, 3.8) is 0 Å². The summed E-state index contributed by atoms with van der Waals surface area (Å²) in [6.45, 7) is 0. The Balaban J connectivity index is 1.98. The van der Waals surface area contributed by atoms with Crippen LogP contribution in [0.5, 0.6) is 0 Å². The molecule has 2 heterocycles. The van der Waals surface area contributed by atoms with Crippen LogP contribution < -0.4 is 5.73 Å². The van der Waals surface area contributed by atoms with Gasteiger partial charge in [0.15, 0.2) is 5.13 Å². The fraction of sp³-hybridized carbons (Fsp3) is 0.417. The molecule has 84 valence electrons. The van der Waals surface area contributed by atoms with E-state index >= 15 is 0 Å². The van der Waals surface area contributed by atoms with Gasteiger partial charge in [-0.25, -0.2) is 4.98 Å². The van der Waals surface area contributed by atoms with Crippen LogP contribution in [0, 0.1) is 0 Å². The van der Waals surface area contributed by atoms with E-state index < -0.39 is 0 Å². The van der Waals surface area contributed by atoms with Crippen LogP contribution in [-0.4, -0.2) is 4.98 Å². The normalized spacial score (nSPS) is 15.8. The van der Waals surface area contributed by atoms with Crippen LogP contribution in [-0.2, 0) is 12.8 Å². The molecule has 4 heteroatoms. The minimum absolute atomic E-state index is 0.665. The molecule has 0 bridgehead atoms. The van der Waals surface area contributed by atoms with Crippen LogP contribution in [0.2, 0.25) is 0 Å². The van der Waals surface area contributed by atoms with Crippen molar-refractivity contribution in [1.29, 1.82) is 0 Å². The first-order chi connectivity index (χ1) is 7.83. The Morgan fingerprint density at radius 3 is 2.88 bits per heavy atom. The van der Waals surface area contributed by atoms with Gasteiger partial charge in [-0.2, -0.15) is 0 Å². The van der Waals surface area contributed by atoms with Crippen LogP contribution in [0.15, 0.2) is 11.4 Å². The quantitative estimate of drug-likeness (QED) is 0.783. The van der Waals surface area contributed by atoms with Crippen LogP contribution in [0.1, 0.15) is 29.7 Å². The van der Waals surface area contributed by atoms with Crippen LogP contribution >= 0.6 is 22.7 Å². The van der Waals surface area contributed by atoms with Gasteiger partial charge in [-0.05, 0) is 37.3 Å². The molecule has 0 saturated carbocycles. The molecule has 0 amide bonds. The first-order valence-electron chi connectivity index (χ1n) is 5.66. The number of hydrogen-bond acceptors (Lipinski definition) is 4. The SMILES string of the molecule is Nc1nc(-c2cc3c(s2)CCCCC3)cs1. The van der Waals surface area contributed by atoms with E-state index in [4.69, 9.17) is 5.73 Å². The zero-order valence-electron chi connectivity index (χ0n) is 9.03. The van der Waals surface area contributed by atoms with E-state index in [1.54, 1.807) is 10.4 Å². The molecule has 3 rings (SSSR count). The Morgan fingerprint density at radius 1 is 1.19 bits per heavy atom. The van der Waals surface area contributed by atoms with Crippen molar-refractivity contribution in [3.8, 4) is 10.6 Å². The molecular formula is C12H14N2S2.